The van der Waals surface area contributed by atoms with E-state index in [9.17, 15) is 4.79 Å². The number of nitrogens with two attached hydrogens (primary N) is 1. The molecule has 2 N–H and O–H groups in total. The summed E-state index contributed by atoms with van der Waals surface area (Å²) in [6.45, 7) is 2.06. The van der Waals surface area contributed by atoms with E-state index in [-0.39, 0.29) is 11.3 Å². The maximum absolute atomic E-state index is 12.0. The number of methoxy groups -OCH3 is 1. The monoisotopic (exact) mass is 372 g/mol. The van der Waals surface area contributed by atoms with Gasteiger partial charge < -0.3 is 10.5 Å². The van der Waals surface area contributed by atoms with Gasteiger partial charge in [0.25, 0.3) is 0 Å². The van der Waals surface area contributed by atoms with Crippen LogP contribution < -0.4 is 10.5 Å². The fourth-order valence-corrected chi connectivity index (χ4v) is 4.27. The van der Waals surface area contributed by atoms with Crippen LogP contribution in [0.3, 0.4) is 0 Å². The lowest BCUT2D eigenvalue weighted by Gasteiger charge is -2.44. The summed E-state index contributed by atoms with van der Waals surface area (Å²) in [5, 5.41) is 0. The predicted octanol–water partition coefficient (Wildman–Crippen LogP) is 4.63. The van der Waals surface area contributed by atoms with E-state index in [0.717, 1.165) is 41.5 Å². The first-order valence-corrected chi connectivity index (χ1v) is 9.56. The minimum Gasteiger partial charge on any atom is -0.481 e. The molecular formula is C24H24N2O2. The number of carbonyl (C=O) groups excluding carboxylic acids is 1. The third-order valence-corrected chi connectivity index (χ3v) is 5.96. The minimum atomic E-state index is -0.363. The highest BCUT2D eigenvalue weighted by Gasteiger charge is 2.42. The van der Waals surface area contributed by atoms with Crippen molar-refractivity contribution in [2.45, 2.75) is 31.6 Å². The molecule has 0 bridgehead atoms. The van der Waals surface area contributed by atoms with Gasteiger partial charge >= 0.3 is 0 Å². The fraction of sp³-hybridized carbons (Fsp3) is 0.250. The standard InChI is InChI=1S/C24H24N2O2/c1-16-14-22(28-2)26-15-20(16)17-8-10-18(11-9-17)24(12-5-13-24)21-7-4-3-6-19(21)23(25)27/h3-4,6-11,14-15H,5,12-13H2,1-2H3,(H2,25,27). The molecular weight excluding hydrogens is 348 g/mol. The van der Waals surface area contributed by atoms with Crippen molar-refractivity contribution in [3.63, 3.8) is 0 Å². The second-order valence-electron chi connectivity index (χ2n) is 7.46. The molecule has 4 rings (SSSR count). The van der Waals surface area contributed by atoms with Crippen LogP contribution in [0.1, 0.15) is 46.3 Å². The number of benzene rings is 2. The Balaban J connectivity index is 1.73. The number of rotatable bonds is 5. The van der Waals surface area contributed by atoms with Crippen LogP contribution in [-0.2, 0) is 5.41 Å². The third kappa shape index (κ3) is 2.95. The average molecular weight is 372 g/mol. The number of aryl methyl sites for hydroxylation is 1. The number of aromatic nitrogens is 1. The molecule has 1 fully saturated rings. The minimum absolute atomic E-state index is 0.128. The lowest BCUT2D eigenvalue weighted by atomic mass is 9.59. The second kappa shape index (κ2) is 7.12. The van der Waals surface area contributed by atoms with Crippen LogP contribution in [0.2, 0.25) is 0 Å². The summed E-state index contributed by atoms with van der Waals surface area (Å²) < 4.78 is 5.20. The van der Waals surface area contributed by atoms with Crippen LogP contribution in [-0.4, -0.2) is 18.0 Å². The molecule has 4 heteroatoms. The Morgan fingerprint density at radius 2 is 1.82 bits per heavy atom. The summed E-state index contributed by atoms with van der Waals surface area (Å²) in [4.78, 5) is 16.3. The van der Waals surface area contributed by atoms with Gasteiger partial charge in [-0.2, -0.15) is 0 Å². The average Bonchev–Trinajstić information content (AvgIpc) is 2.68. The first kappa shape index (κ1) is 18.2. The normalized spacial score (nSPS) is 14.9. The van der Waals surface area contributed by atoms with Gasteiger partial charge in [0.1, 0.15) is 0 Å². The molecule has 0 radical (unpaired) electrons. The Hall–Kier alpha value is -3.14. The first-order chi connectivity index (χ1) is 13.5. The van der Waals surface area contributed by atoms with Crippen molar-refractivity contribution in [1.29, 1.82) is 0 Å². The fourth-order valence-electron chi connectivity index (χ4n) is 4.27. The lowest BCUT2D eigenvalue weighted by molar-refractivity contribution is 0.0996. The van der Waals surface area contributed by atoms with Gasteiger partial charge in [0.05, 0.1) is 7.11 Å². The molecule has 1 aliphatic carbocycles. The van der Waals surface area contributed by atoms with Crippen LogP contribution >= 0.6 is 0 Å². The molecule has 3 aromatic rings. The molecule has 0 aliphatic heterocycles. The lowest BCUT2D eigenvalue weighted by Crippen LogP contribution is -2.37. The molecule has 0 atom stereocenters. The summed E-state index contributed by atoms with van der Waals surface area (Å²) in [5.74, 6) is 0.257. The number of primary amides is 1. The predicted molar refractivity (Wildman–Crippen MR) is 111 cm³/mol. The molecule has 142 valence electrons. The number of nitrogens with zero attached hydrogens (tertiary/aromatic N) is 1. The topological polar surface area (TPSA) is 65.2 Å². The molecule has 0 saturated heterocycles. The van der Waals surface area contributed by atoms with Crippen molar-refractivity contribution < 1.29 is 9.53 Å². The molecule has 1 amide bonds. The number of hydrogen-bond acceptors (Lipinski definition) is 3. The van der Waals surface area contributed by atoms with Crippen molar-refractivity contribution in [2.75, 3.05) is 7.11 Å². The largest absolute Gasteiger partial charge is 0.481 e. The van der Waals surface area contributed by atoms with Gasteiger partial charge in [-0.15, -0.1) is 0 Å². The Kier molecular flexibility index (Phi) is 4.63. The number of pyridine rings is 1. The van der Waals surface area contributed by atoms with E-state index in [1.807, 2.05) is 36.5 Å². The zero-order valence-electron chi connectivity index (χ0n) is 16.2. The van der Waals surface area contributed by atoms with Crippen molar-refractivity contribution in [2.24, 2.45) is 5.73 Å². The molecule has 0 unspecified atom stereocenters. The van der Waals surface area contributed by atoms with Crippen LogP contribution in [0.4, 0.5) is 0 Å². The summed E-state index contributed by atoms with van der Waals surface area (Å²) in [6.07, 6.45) is 5.06. The Morgan fingerprint density at radius 3 is 2.39 bits per heavy atom. The van der Waals surface area contributed by atoms with Crippen LogP contribution in [0.25, 0.3) is 11.1 Å². The van der Waals surface area contributed by atoms with E-state index >= 15 is 0 Å². The van der Waals surface area contributed by atoms with Crippen LogP contribution in [0.5, 0.6) is 5.88 Å². The first-order valence-electron chi connectivity index (χ1n) is 9.56. The van der Waals surface area contributed by atoms with Gasteiger partial charge in [-0.3, -0.25) is 4.79 Å². The van der Waals surface area contributed by atoms with E-state index in [0.29, 0.717) is 11.4 Å². The molecule has 0 spiro atoms. The van der Waals surface area contributed by atoms with Crippen LogP contribution in [0.15, 0.2) is 60.8 Å². The van der Waals surface area contributed by atoms with Crippen molar-refractivity contribution in [1.82, 2.24) is 4.98 Å². The zero-order valence-corrected chi connectivity index (χ0v) is 16.2. The maximum atomic E-state index is 12.0. The second-order valence-corrected chi connectivity index (χ2v) is 7.46. The Bertz CT molecular complexity index is 1020. The maximum Gasteiger partial charge on any atom is 0.249 e. The van der Waals surface area contributed by atoms with Gasteiger partial charge in [0.15, 0.2) is 0 Å². The van der Waals surface area contributed by atoms with Crippen molar-refractivity contribution in [3.05, 3.63) is 83.0 Å². The molecule has 4 nitrogen and oxygen atoms in total. The van der Waals surface area contributed by atoms with E-state index < -0.39 is 0 Å². The molecule has 2 aromatic carbocycles. The number of carbonyl (C=O) groups is 1. The molecule has 1 aliphatic rings. The van der Waals surface area contributed by atoms with Crippen molar-refractivity contribution in [3.8, 4) is 17.0 Å². The van der Waals surface area contributed by atoms with E-state index in [4.69, 9.17) is 10.5 Å². The molecule has 1 saturated carbocycles. The number of ether oxygens (including phenoxy) is 1. The quantitative estimate of drug-likeness (QED) is 0.710. The highest BCUT2D eigenvalue weighted by atomic mass is 16.5. The van der Waals surface area contributed by atoms with E-state index in [1.165, 1.54) is 5.56 Å². The molecule has 1 heterocycles. The highest BCUT2D eigenvalue weighted by Crippen LogP contribution is 2.50. The Labute approximate surface area is 165 Å². The zero-order chi connectivity index (χ0) is 19.7. The smallest absolute Gasteiger partial charge is 0.249 e. The van der Waals surface area contributed by atoms with Gasteiger partial charge in [-0.05, 0) is 48.1 Å². The highest BCUT2D eigenvalue weighted by molar-refractivity contribution is 5.95. The van der Waals surface area contributed by atoms with Gasteiger partial charge in [-0.1, -0.05) is 48.9 Å². The summed E-state index contributed by atoms with van der Waals surface area (Å²) in [7, 11) is 1.62. The third-order valence-electron chi connectivity index (χ3n) is 5.96. The van der Waals surface area contributed by atoms with Gasteiger partial charge in [-0.25, -0.2) is 4.98 Å². The van der Waals surface area contributed by atoms with Crippen LogP contribution in [0, 0.1) is 6.92 Å². The molecule has 28 heavy (non-hydrogen) atoms. The van der Waals surface area contributed by atoms with E-state index in [2.05, 4.69) is 36.2 Å². The SMILES string of the molecule is COc1cc(C)c(-c2ccc(C3(c4ccccc4C(N)=O)CCC3)cc2)cn1. The number of amides is 1. The van der Waals surface area contributed by atoms with E-state index in [1.54, 1.807) is 7.11 Å². The van der Waals surface area contributed by atoms with Gasteiger partial charge in [0.2, 0.25) is 11.8 Å². The molecule has 1 aromatic heterocycles. The Morgan fingerprint density at radius 1 is 1.11 bits per heavy atom. The van der Waals surface area contributed by atoms with Gasteiger partial charge in [0, 0.05) is 28.8 Å². The summed E-state index contributed by atoms with van der Waals surface area (Å²) >= 11 is 0. The van der Waals surface area contributed by atoms with Crippen molar-refractivity contribution >= 4 is 5.91 Å². The number of hydrogen-bond donors (Lipinski definition) is 1. The summed E-state index contributed by atoms with van der Waals surface area (Å²) in [5.41, 5.74) is 11.8. The summed E-state index contributed by atoms with van der Waals surface area (Å²) in [6, 6.07) is 18.3.